The maximum absolute atomic E-state index is 13.1. The number of fused-ring (bicyclic) bond motifs is 5. The molecule has 1 N–H and O–H groups in total. The van der Waals surface area contributed by atoms with E-state index in [1.54, 1.807) is 5.57 Å². The van der Waals surface area contributed by atoms with Crippen LogP contribution in [0.4, 0.5) is 0 Å². The summed E-state index contributed by atoms with van der Waals surface area (Å²) in [4.78, 5) is 15.7. The highest BCUT2D eigenvalue weighted by molar-refractivity contribution is 5.69. The van der Waals surface area contributed by atoms with Crippen molar-refractivity contribution in [1.29, 1.82) is 0 Å². The first-order chi connectivity index (χ1) is 29.5. The number of carbonyl (C=O) groups excluding carboxylic acids is 1. The molecule has 6 nitrogen and oxygen atoms in total. The Morgan fingerprint density at radius 2 is 1.38 bits per heavy atom. The molecule has 0 aromatic carbocycles. The molecule has 0 saturated heterocycles. The zero-order valence-corrected chi connectivity index (χ0v) is 41.5. The van der Waals surface area contributed by atoms with Crippen LogP contribution in [0.3, 0.4) is 0 Å². The van der Waals surface area contributed by atoms with Gasteiger partial charge in [0.05, 0.1) is 0 Å². The number of hydrogen-bond donors (Lipinski definition) is 1. The quantitative estimate of drug-likeness (QED) is 0.0301. The third-order valence-electron chi connectivity index (χ3n) is 16.8. The lowest BCUT2D eigenvalue weighted by atomic mass is 9.47. The average molecular weight is 856 g/mol. The Bertz CT molecular complexity index is 1190. The molecule has 8 unspecified atom stereocenters. The highest BCUT2D eigenvalue weighted by atomic mass is 16.7. The second-order valence-electron chi connectivity index (χ2n) is 21.9. The number of allylic oxidation sites excluding steroid dienone is 1. The summed E-state index contributed by atoms with van der Waals surface area (Å²) < 4.78 is 18.5. The number of hydrogen-bond acceptors (Lipinski definition) is 6. The molecular weight excluding hydrogens is 755 g/mol. The second kappa shape index (κ2) is 28.8. The van der Waals surface area contributed by atoms with Gasteiger partial charge >= 0.3 is 5.97 Å². The maximum atomic E-state index is 13.1. The third kappa shape index (κ3) is 17.1. The van der Waals surface area contributed by atoms with Crippen LogP contribution in [0, 0.1) is 46.3 Å². The van der Waals surface area contributed by atoms with E-state index in [1.165, 1.54) is 116 Å². The summed E-state index contributed by atoms with van der Waals surface area (Å²) in [5.74, 6) is 5.16. The van der Waals surface area contributed by atoms with Crippen molar-refractivity contribution in [3.8, 4) is 0 Å². The molecule has 8 atom stereocenters. The third-order valence-corrected chi connectivity index (χ3v) is 16.8. The standard InChI is InChI=1S/C55H101NO5/c1-8-10-22-41-59-53(60-42-23-11-9-2)28-17-13-12-14-18-37-56(39-20-21-40-57)38-19-15-16-27-52(58)61-47-33-35-54(6)46(43-47)29-30-48-50-32-31-49(45(5)26-24-25-44(3)4)55(50,7)36-34-51(48)54/h29,44-45,47-51,53,57H,8-28,30-43H2,1-7H3. The lowest BCUT2D eigenvalue weighted by molar-refractivity contribution is -0.151. The fraction of sp³-hybridized carbons (Fsp3) is 0.945. The van der Waals surface area contributed by atoms with Gasteiger partial charge in [0.1, 0.15) is 6.10 Å². The van der Waals surface area contributed by atoms with Crippen LogP contribution in [-0.2, 0) is 19.0 Å². The predicted molar refractivity (Wildman–Crippen MR) is 257 cm³/mol. The summed E-state index contributed by atoms with van der Waals surface area (Å²) in [5.41, 5.74) is 2.45. The van der Waals surface area contributed by atoms with Gasteiger partial charge in [0, 0.05) is 32.7 Å². The molecule has 0 amide bonds. The topological polar surface area (TPSA) is 68.2 Å². The van der Waals surface area contributed by atoms with Gasteiger partial charge in [-0.05, 0) is 169 Å². The summed E-state index contributed by atoms with van der Waals surface area (Å²) in [6.07, 6.45) is 37.0. The second-order valence-corrected chi connectivity index (χ2v) is 21.9. The SMILES string of the molecule is CCCCCOC(CCCCCCCN(CCCCO)CCCCCC(=O)OC1CCC2(C)C(=CCC3C2CCC2(C)C(C(C)CCCC(C)C)CCC32)C1)OCCCCC. The fourth-order valence-corrected chi connectivity index (χ4v) is 13.1. The van der Waals surface area contributed by atoms with Crippen molar-refractivity contribution in [3.05, 3.63) is 11.6 Å². The minimum Gasteiger partial charge on any atom is -0.462 e. The van der Waals surface area contributed by atoms with E-state index in [2.05, 4.69) is 59.4 Å². The normalized spacial score (nSPS) is 27.9. The number of nitrogens with zero attached hydrogens (tertiary/aromatic N) is 1. The lowest BCUT2D eigenvalue weighted by Crippen LogP contribution is -2.51. The van der Waals surface area contributed by atoms with Crippen LogP contribution in [0.2, 0.25) is 0 Å². The zero-order chi connectivity index (χ0) is 43.9. The van der Waals surface area contributed by atoms with Crippen LogP contribution in [0.15, 0.2) is 11.6 Å². The minimum atomic E-state index is -0.0318. The number of aliphatic hydroxyl groups excluding tert-OH is 1. The molecule has 4 aliphatic rings. The van der Waals surface area contributed by atoms with E-state index in [9.17, 15) is 9.90 Å². The minimum absolute atomic E-state index is 0.0214. The zero-order valence-electron chi connectivity index (χ0n) is 41.5. The van der Waals surface area contributed by atoms with Crippen molar-refractivity contribution in [3.63, 3.8) is 0 Å². The van der Waals surface area contributed by atoms with Crippen LogP contribution < -0.4 is 0 Å². The first-order valence-electron chi connectivity index (χ1n) is 27.0. The predicted octanol–water partition coefficient (Wildman–Crippen LogP) is 14.7. The van der Waals surface area contributed by atoms with Crippen LogP contribution >= 0.6 is 0 Å². The highest BCUT2D eigenvalue weighted by Crippen LogP contribution is 2.67. The van der Waals surface area contributed by atoms with E-state index in [0.717, 1.165) is 133 Å². The van der Waals surface area contributed by atoms with Crippen molar-refractivity contribution >= 4 is 5.97 Å². The van der Waals surface area contributed by atoms with Gasteiger partial charge in [0.25, 0.3) is 0 Å². The molecule has 0 radical (unpaired) electrons. The van der Waals surface area contributed by atoms with Gasteiger partial charge in [-0.3, -0.25) is 4.79 Å². The van der Waals surface area contributed by atoms with Gasteiger partial charge < -0.3 is 24.2 Å². The number of unbranched alkanes of at least 4 members (excludes halogenated alkanes) is 11. The van der Waals surface area contributed by atoms with Gasteiger partial charge in [0.2, 0.25) is 0 Å². The Morgan fingerprint density at radius 1 is 0.721 bits per heavy atom. The Balaban J connectivity index is 1.11. The van der Waals surface area contributed by atoms with Crippen LogP contribution in [0.5, 0.6) is 0 Å². The smallest absolute Gasteiger partial charge is 0.306 e. The van der Waals surface area contributed by atoms with Crippen LogP contribution in [0.25, 0.3) is 0 Å². The number of carbonyl (C=O) groups is 1. The number of ether oxygens (including phenoxy) is 3. The van der Waals surface area contributed by atoms with Crippen molar-refractivity contribution in [2.45, 2.75) is 247 Å². The fourth-order valence-electron chi connectivity index (χ4n) is 13.1. The van der Waals surface area contributed by atoms with Gasteiger partial charge in [-0.15, -0.1) is 0 Å². The molecule has 0 spiro atoms. The van der Waals surface area contributed by atoms with Crippen molar-refractivity contribution in [2.75, 3.05) is 39.5 Å². The number of aliphatic hydroxyl groups is 1. The molecule has 356 valence electrons. The van der Waals surface area contributed by atoms with E-state index in [-0.39, 0.29) is 25.0 Å². The molecule has 3 fully saturated rings. The van der Waals surface area contributed by atoms with E-state index in [0.29, 0.717) is 17.3 Å². The highest BCUT2D eigenvalue weighted by Gasteiger charge is 2.59. The Labute approximate surface area is 378 Å². The monoisotopic (exact) mass is 856 g/mol. The summed E-state index contributed by atoms with van der Waals surface area (Å²) >= 11 is 0. The van der Waals surface area contributed by atoms with E-state index >= 15 is 0 Å². The van der Waals surface area contributed by atoms with E-state index < -0.39 is 0 Å². The Morgan fingerprint density at radius 3 is 2.05 bits per heavy atom. The molecule has 6 heteroatoms. The molecule has 0 aliphatic heterocycles. The molecule has 0 heterocycles. The van der Waals surface area contributed by atoms with Gasteiger partial charge in [-0.25, -0.2) is 0 Å². The number of esters is 1. The molecular formula is C55H101NO5. The van der Waals surface area contributed by atoms with E-state index in [4.69, 9.17) is 14.2 Å². The first kappa shape index (κ1) is 52.7. The lowest BCUT2D eigenvalue weighted by Gasteiger charge is -2.58. The van der Waals surface area contributed by atoms with Gasteiger partial charge in [-0.2, -0.15) is 0 Å². The number of rotatable bonds is 34. The molecule has 4 rings (SSSR count). The van der Waals surface area contributed by atoms with Gasteiger partial charge in [0.15, 0.2) is 6.29 Å². The van der Waals surface area contributed by atoms with Crippen LogP contribution in [0.1, 0.15) is 235 Å². The van der Waals surface area contributed by atoms with Gasteiger partial charge in [-0.1, -0.05) is 131 Å². The average Bonchev–Trinajstić information content (AvgIpc) is 3.60. The first-order valence-corrected chi connectivity index (χ1v) is 27.0. The molecule has 61 heavy (non-hydrogen) atoms. The summed E-state index contributed by atoms with van der Waals surface area (Å²) in [6.45, 7) is 22.3. The largest absolute Gasteiger partial charge is 0.462 e. The van der Waals surface area contributed by atoms with Crippen molar-refractivity contribution < 1.29 is 24.1 Å². The Kier molecular flexibility index (Phi) is 24.9. The summed E-state index contributed by atoms with van der Waals surface area (Å²) in [5, 5.41) is 9.40. The molecule has 0 bridgehead atoms. The van der Waals surface area contributed by atoms with E-state index in [1.807, 2.05) is 0 Å². The maximum Gasteiger partial charge on any atom is 0.306 e. The Hall–Kier alpha value is -0.950. The summed E-state index contributed by atoms with van der Waals surface area (Å²) in [7, 11) is 0. The molecule has 3 saturated carbocycles. The molecule has 4 aliphatic carbocycles. The molecule has 0 aromatic rings. The summed E-state index contributed by atoms with van der Waals surface area (Å²) in [6, 6.07) is 0. The molecule has 0 aromatic heterocycles. The van der Waals surface area contributed by atoms with Crippen molar-refractivity contribution in [1.82, 2.24) is 4.90 Å². The van der Waals surface area contributed by atoms with Crippen LogP contribution in [-0.4, -0.2) is 67.8 Å². The van der Waals surface area contributed by atoms with Crippen molar-refractivity contribution in [2.24, 2.45) is 46.3 Å².